The number of rotatable bonds is 4. The van der Waals surface area contributed by atoms with Crippen LogP contribution in [0.2, 0.25) is 0 Å². The minimum atomic E-state index is -3.66. The highest BCUT2D eigenvalue weighted by Crippen LogP contribution is 2.37. The van der Waals surface area contributed by atoms with E-state index < -0.39 is 16.0 Å². The van der Waals surface area contributed by atoms with Gasteiger partial charge < -0.3 is 9.84 Å². The van der Waals surface area contributed by atoms with Gasteiger partial charge in [-0.1, -0.05) is 12.8 Å². The number of sulfonamides is 1. The van der Waals surface area contributed by atoms with Gasteiger partial charge in [-0.2, -0.15) is 9.40 Å². The van der Waals surface area contributed by atoms with Crippen molar-refractivity contribution >= 4 is 16.0 Å². The van der Waals surface area contributed by atoms with Gasteiger partial charge >= 0.3 is 5.97 Å². The van der Waals surface area contributed by atoms with E-state index in [2.05, 4.69) is 5.10 Å². The second kappa shape index (κ2) is 5.64. The van der Waals surface area contributed by atoms with Crippen LogP contribution in [0, 0.1) is 0 Å². The molecule has 1 saturated carbocycles. The Morgan fingerprint density at radius 2 is 2.14 bits per heavy atom. The van der Waals surface area contributed by atoms with Crippen LogP contribution in [0.4, 0.5) is 0 Å². The van der Waals surface area contributed by atoms with Crippen molar-refractivity contribution in [3.63, 3.8) is 0 Å². The lowest BCUT2D eigenvalue weighted by atomic mass is 10.0. The lowest BCUT2D eigenvalue weighted by Gasteiger charge is -2.39. The second-order valence-corrected chi connectivity index (χ2v) is 7.78. The molecule has 9 heteroatoms. The van der Waals surface area contributed by atoms with E-state index in [0.717, 1.165) is 30.4 Å². The average molecular weight is 329 g/mol. The number of aliphatic carboxylic acids is 1. The molecule has 0 bridgehead atoms. The third-order valence-electron chi connectivity index (χ3n) is 4.27. The van der Waals surface area contributed by atoms with Crippen LogP contribution in [-0.4, -0.2) is 58.9 Å². The Morgan fingerprint density at radius 1 is 1.41 bits per heavy atom. The summed E-state index contributed by atoms with van der Waals surface area (Å²) in [5, 5.41) is 12.5. The fraction of sp³-hybridized carbons (Fsp3) is 0.692. The van der Waals surface area contributed by atoms with E-state index in [1.54, 1.807) is 0 Å². The molecule has 2 aliphatic rings. The van der Waals surface area contributed by atoms with E-state index in [-0.39, 0.29) is 17.0 Å². The standard InChI is InChI=1S/C13H19N3O5S/c17-12(18)9-15-8-11(7-14-15)22(19,20)16-5-6-21-13(10-16)3-1-2-4-13/h7-8H,1-6,9-10H2,(H,17,18). The van der Waals surface area contributed by atoms with Crippen molar-refractivity contribution in [1.82, 2.24) is 14.1 Å². The zero-order valence-electron chi connectivity index (χ0n) is 12.1. The first-order chi connectivity index (χ1) is 10.4. The number of aromatic nitrogens is 2. The molecule has 22 heavy (non-hydrogen) atoms. The summed E-state index contributed by atoms with van der Waals surface area (Å²) in [5.41, 5.74) is -0.345. The van der Waals surface area contributed by atoms with Crippen molar-refractivity contribution < 1.29 is 23.1 Å². The van der Waals surface area contributed by atoms with E-state index in [1.165, 1.54) is 16.7 Å². The number of morpholine rings is 1. The van der Waals surface area contributed by atoms with Crippen LogP contribution in [0.25, 0.3) is 0 Å². The monoisotopic (exact) mass is 329 g/mol. The highest BCUT2D eigenvalue weighted by Gasteiger charge is 2.43. The summed E-state index contributed by atoms with van der Waals surface area (Å²) in [4.78, 5) is 10.7. The van der Waals surface area contributed by atoms with Crippen LogP contribution in [0.3, 0.4) is 0 Å². The Labute approximate surface area is 128 Å². The van der Waals surface area contributed by atoms with Crippen molar-refractivity contribution in [3.05, 3.63) is 12.4 Å². The number of hydrogen-bond donors (Lipinski definition) is 1. The minimum absolute atomic E-state index is 0.0313. The molecule has 0 aromatic carbocycles. The maximum atomic E-state index is 12.7. The summed E-state index contributed by atoms with van der Waals surface area (Å²) < 4.78 is 33.8. The summed E-state index contributed by atoms with van der Waals surface area (Å²) in [6.45, 7) is 0.707. The number of carboxylic acid groups (broad SMARTS) is 1. The van der Waals surface area contributed by atoms with Gasteiger partial charge in [0.05, 0.1) is 18.4 Å². The van der Waals surface area contributed by atoms with Crippen molar-refractivity contribution in [3.8, 4) is 0 Å². The molecule has 1 saturated heterocycles. The lowest BCUT2D eigenvalue weighted by Crippen LogP contribution is -2.52. The van der Waals surface area contributed by atoms with Crippen molar-refractivity contribution in [1.29, 1.82) is 0 Å². The molecule has 1 spiro atoms. The number of hydrogen-bond acceptors (Lipinski definition) is 5. The maximum absolute atomic E-state index is 12.7. The molecule has 1 aromatic rings. The average Bonchev–Trinajstić information content (AvgIpc) is 3.09. The summed E-state index contributed by atoms with van der Waals surface area (Å²) in [6.07, 6.45) is 6.36. The van der Waals surface area contributed by atoms with E-state index in [9.17, 15) is 13.2 Å². The molecule has 0 radical (unpaired) electrons. The van der Waals surface area contributed by atoms with Crippen molar-refractivity contribution in [2.24, 2.45) is 0 Å². The number of carboxylic acids is 1. The molecule has 2 fully saturated rings. The molecule has 1 N–H and O–H groups in total. The third kappa shape index (κ3) is 2.88. The van der Waals surface area contributed by atoms with Crippen LogP contribution in [0.5, 0.6) is 0 Å². The Morgan fingerprint density at radius 3 is 2.82 bits per heavy atom. The van der Waals surface area contributed by atoms with E-state index in [4.69, 9.17) is 9.84 Å². The molecule has 3 rings (SSSR count). The van der Waals surface area contributed by atoms with Gasteiger partial charge in [0.1, 0.15) is 11.4 Å². The summed E-state index contributed by atoms with van der Waals surface area (Å²) in [6, 6.07) is 0. The lowest BCUT2D eigenvalue weighted by molar-refractivity contribution is -0.137. The van der Waals surface area contributed by atoms with Crippen LogP contribution < -0.4 is 0 Å². The molecule has 122 valence electrons. The Kier molecular flexibility index (Phi) is 3.96. The number of nitrogens with zero attached hydrogens (tertiary/aromatic N) is 3. The summed E-state index contributed by atoms with van der Waals surface area (Å²) in [5.74, 6) is -1.07. The second-order valence-electron chi connectivity index (χ2n) is 5.84. The van der Waals surface area contributed by atoms with E-state index >= 15 is 0 Å². The van der Waals surface area contributed by atoms with E-state index in [1.807, 2.05) is 0 Å². The van der Waals surface area contributed by atoms with Crippen molar-refractivity contribution in [2.45, 2.75) is 42.7 Å². The molecule has 1 aliphatic heterocycles. The first kappa shape index (κ1) is 15.4. The maximum Gasteiger partial charge on any atom is 0.325 e. The largest absolute Gasteiger partial charge is 0.480 e. The molecular formula is C13H19N3O5S. The Hall–Kier alpha value is -1.45. The topological polar surface area (TPSA) is 102 Å². The molecular weight excluding hydrogens is 310 g/mol. The zero-order chi connectivity index (χ0) is 15.8. The minimum Gasteiger partial charge on any atom is -0.480 e. The van der Waals surface area contributed by atoms with Crippen molar-refractivity contribution in [2.75, 3.05) is 19.7 Å². The molecule has 2 heterocycles. The Bertz CT molecular complexity index is 663. The predicted octanol–water partition coefficient (Wildman–Crippen LogP) is 0.301. The number of ether oxygens (including phenoxy) is 1. The highest BCUT2D eigenvalue weighted by atomic mass is 32.2. The molecule has 0 unspecified atom stereocenters. The quantitative estimate of drug-likeness (QED) is 0.852. The molecule has 0 atom stereocenters. The fourth-order valence-electron chi connectivity index (χ4n) is 3.19. The zero-order valence-corrected chi connectivity index (χ0v) is 13.0. The van der Waals surface area contributed by atoms with Crippen LogP contribution >= 0.6 is 0 Å². The number of carbonyl (C=O) groups is 1. The molecule has 0 amide bonds. The first-order valence-electron chi connectivity index (χ1n) is 7.30. The van der Waals surface area contributed by atoms with Crippen LogP contribution in [0.15, 0.2) is 17.3 Å². The predicted molar refractivity (Wildman–Crippen MR) is 75.8 cm³/mol. The normalized spacial score (nSPS) is 22.2. The van der Waals surface area contributed by atoms with Crippen LogP contribution in [-0.2, 0) is 26.1 Å². The fourth-order valence-corrected chi connectivity index (χ4v) is 4.64. The third-order valence-corrected chi connectivity index (χ3v) is 6.07. The summed E-state index contributed by atoms with van der Waals surface area (Å²) >= 11 is 0. The van der Waals surface area contributed by atoms with Gasteiger partial charge in [-0.25, -0.2) is 8.42 Å². The van der Waals surface area contributed by atoms with Crippen LogP contribution in [0.1, 0.15) is 25.7 Å². The van der Waals surface area contributed by atoms with Gasteiger partial charge in [-0.05, 0) is 12.8 Å². The van der Waals surface area contributed by atoms with Gasteiger partial charge in [-0.15, -0.1) is 0 Å². The van der Waals surface area contributed by atoms with Gasteiger partial charge in [0.2, 0.25) is 10.0 Å². The molecule has 1 aliphatic carbocycles. The molecule has 1 aromatic heterocycles. The highest BCUT2D eigenvalue weighted by molar-refractivity contribution is 7.89. The van der Waals surface area contributed by atoms with Gasteiger partial charge in [0, 0.05) is 19.3 Å². The van der Waals surface area contributed by atoms with E-state index in [0.29, 0.717) is 19.7 Å². The van der Waals surface area contributed by atoms with Gasteiger partial charge in [0.15, 0.2) is 0 Å². The van der Waals surface area contributed by atoms with Gasteiger partial charge in [-0.3, -0.25) is 9.48 Å². The van der Waals surface area contributed by atoms with Gasteiger partial charge in [0.25, 0.3) is 0 Å². The Balaban J connectivity index is 1.80. The summed E-state index contributed by atoms with van der Waals surface area (Å²) in [7, 11) is -3.66. The SMILES string of the molecule is O=C(O)Cn1cc(S(=O)(=O)N2CCOC3(CCCC3)C2)cn1. The first-order valence-corrected chi connectivity index (χ1v) is 8.74. The smallest absolute Gasteiger partial charge is 0.325 e. The molecule has 8 nitrogen and oxygen atoms in total.